The molecule has 0 saturated carbocycles. The molecule has 2 aromatic carbocycles. The third kappa shape index (κ3) is 8.59. The molecule has 0 fully saturated rings. The smallest absolute Gasteiger partial charge is 0.264 e. The Balaban J connectivity index is 0.000000196. The van der Waals surface area contributed by atoms with Gasteiger partial charge in [0.1, 0.15) is 23.3 Å². The van der Waals surface area contributed by atoms with Crippen molar-refractivity contribution in [2.45, 2.75) is 0 Å². The molecule has 5 rings (SSSR count). The maximum atomic E-state index is 13.3. The molecule has 0 aliphatic heterocycles. The molecule has 0 aliphatic rings. The number of pyridine rings is 2. The first-order valence-corrected chi connectivity index (χ1v) is 9.91. The summed E-state index contributed by atoms with van der Waals surface area (Å²) >= 11 is 0. The summed E-state index contributed by atoms with van der Waals surface area (Å²) in [5, 5.41) is 3.61. The van der Waals surface area contributed by atoms with E-state index in [4.69, 9.17) is 7.98 Å². The monoisotopic (exact) mass is 653 g/mol. The number of benzene rings is 2. The normalized spacial score (nSPS) is 9.60. The predicted molar refractivity (Wildman–Crippen MR) is 123 cm³/mol. The molecule has 3 aromatic heterocycles. The van der Waals surface area contributed by atoms with Crippen molar-refractivity contribution >= 4 is 7.98 Å². The van der Waals surface area contributed by atoms with E-state index in [1.807, 2.05) is 0 Å². The molecule has 0 atom stereocenters. The molecule has 10 heteroatoms. The van der Waals surface area contributed by atoms with Gasteiger partial charge in [-0.3, -0.25) is 9.97 Å². The Bertz CT molecular complexity index is 1220. The van der Waals surface area contributed by atoms with E-state index in [1.165, 1.54) is 28.9 Å². The summed E-state index contributed by atoms with van der Waals surface area (Å²) in [7, 11) is 5.08. The minimum absolute atomic E-state index is 0. The second-order valence-electron chi connectivity index (χ2n) is 6.66. The molecule has 0 N–H and O–H groups in total. The Morgan fingerprint density at radius 3 is 1.37 bits per heavy atom. The molecule has 35 heavy (non-hydrogen) atoms. The van der Waals surface area contributed by atoms with Crippen molar-refractivity contribution < 1.29 is 37.7 Å². The van der Waals surface area contributed by atoms with E-state index in [0.717, 1.165) is 12.1 Å². The molecule has 4 nitrogen and oxygen atoms in total. The van der Waals surface area contributed by atoms with Crippen LogP contribution < -0.4 is 0 Å². The minimum atomic E-state index is -0.594. The molecule has 0 spiro atoms. The fraction of sp³-hybridized carbons (Fsp3) is 0. The van der Waals surface area contributed by atoms with E-state index >= 15 is 0 Å². The maximum absolute atomic E-state index is 13.3. The van der Waals surface area contributed by atoms with Gasteiger partial charge in [-0.25, -0.2) is 17.6 Å². The average Bonchev–Trinajstić information content (AvgIpc) is 3.32. The Morgan fingerprint density at radius 1 is 0.600 bits per heavy atom. The summed E-state index contributed by atoms with van der Waals surface area (Å²) in [6.07, 6.45) is 6.43. The van der Waals surface area contributed by atoms with Gasteiger partial charge < -0.3 is 4.59 Å². The van der Waals surface area contributed by atoms with Gasteiger partial charge in [0.2, 0.25) is 0 Å². The van der Waals surface area contributed by atoms with Crippen molar-refractivity contribution in [1.82, 2.24) is 19.7 Å². The van der Waals surface area contributed by atoms with Crippen LogP contribution in [0.15, 0.2) is 104 Å². The standard InChI is InChI=1S/2C11H7F2N.C3H3BN2.Ir/c2*12-8-4-5-9(10(13)7-8)11-3-1-2-6-14-11;4-6-3-1-2-5-6;/h2*1-7H;1-3H;. The molecular weight excluding hydrogens is 635 g/mol. The van der Waals surface area contributed by atoms with Crippen LogP contribution >= 0.6 is 0 Å². The van der Waals surface area contributed by atoms with Gasteiger partial charge >= 0.3 is 0 Å². The molecular formula is C25H17BF4IrN4. The van der Waals surface area contributed by atoms with Crippen LogP contribution in [-0.4, -0.2) is 27.6 Å². The van der Waals surface area contributed by atoms with Crippen molar-refractivity contribution in [3.63, 3.8) is 0 Å². The number of nitrogens with zero attached hydrogens (tertiary/aromatic N) is 4. The van der Waals surface area contributed by atoms with Gasteiger partial charge in [0, 0.05) is 68.2 Å². The van der Waals surface area contributed by atoms with Crippen LogP contribution in [0.4, 0.5) is 17.6 Å². The molecule has 0 unspecified atom stereocenters. The van der Waals surface area contributed by atoms with Gasteiger partial charge in [-0.2, -0.15) is 5.10 Å². The van der Waals surface area contributed by atoms with Crippen LogP contribution in [-0.2, 0) is 20.1 Å². The first-order chi connectivity index (χ1) is 16.4. The fourth-order valence-electron chi connectivity index (χ4n) is 2.72. The van der Waals surface area contributed by atoms with Gasteiger partial charge in [-0.05, 0) is 54.6 Å². The first-order valence-electron chi connectivity index (χ1n) is 9.91. The molecule has 0 bridgehead atoms. The van der Waals surface area contributed by atoms with E-state index in [2.05, 4.69) is 15.1 Å². The van der Waals surface area contributed by atoms with Crippen molar-refractivity contribution in [3.05, 3.63) is 127 Å². The van der Waals surface area contributed by atoms with Gasteiger partial charge in [0.25, 0.3) is 7.98 Å². The van der Waals surface area contributed by atoms with Crippen LogP contribution in [0.1, 0.15) is 0 Å². The number of aromatic nitrogens is 4. The predicted octanol–water partition coefficient (Wildman–Crippen LogP) is 5.87. The Morgan fingerprint density at radius 2 is 1.09 bits per heavy atom. The van der Waals surface area contributed by atoms with Crippen LogP contribution in [0.5, 0.6) is 0 Å². The summed E-state index contributed by atoms with van der Waals surface area (Å²) in [6.45, 7) is 0. The Kier molecular flexibility index (Phi) is 11.0. The zero-order valence-corrected chi connectivity index (χ0v) is 20.4. The molecule has 3 radical (unpaired) electrons. The van der Waals surface area contributed by atoms with Crippen LogP contribution in [0.3, 0.4) is 0 Å². The molecule has 3 heterocycles. The first kappa shape index (κ1) is 27.6. The van der Waals surface area contributed by atoms with Gasteiger partial charge in [-0.15, -0.1) is 0 Å². The number of hydrogen-bond acceptors (Lipinski definition) is 3. The van der Waals surface area contributed by atoms with Crippen molar-refractivity contribution in [2.24, 2.45) is 0 Å². The summed E-state index contributed by atoms with van der Waals surface area (Å²) in [5.41, 5.74) is 1.63. The third-order valence-electron chi connectivity index (χ3n) is 4.27. The van der Waals surface area contributed by atoms with E-state index in [9.17, 15) is 17.6 Å². The number of rotatable bonds is 2. The van der Waals surface area contributed by atoms with Gasteiger partial charge in [-0.1, -0.05) is 12.1 Å². The van der Waals surface area contributed by atoms with Crippen molar-refractivity contribution in [2.75, 3.05) is 0 Å². The molecule has 0 amide bonds. The second kappa shape index (κ2) is 13.9. The summed E-state index contributed by atoms with van der Waals surface area (Å²) in [4.78, 5) is 7.95. The zero-order chi connectivity index (χ0) is 24.3. The quantitative estimate of drug-likeness (QED) is 0.177. The average molecular weight is 652 g/mol. The Hall–Kier alpha value is -3.62. The number of hydrogen-bond donors (Lipinski definition) is 0. The van der Waals surface area contributed by atoms with E-state index in [1.54, 1.807) is 67.3 Å². The third-order valence-corrected chi connectivity index (χ3v) is 4.27. The summed E-state index contributed by atoms with van der Waals surface area (Å²) in [6, 6.07) is 19.0. The van der Waals surface area contributed by atoms with Gasteiger partial charge in [0.15, 0.2) is 0 Å². The largest absolute Gasteiger partial charge is 0.331 e. The van der Waals surface area contributed by atoms with Crippen LogP contribution in [0.25, 0.3) is 22.5 Å². The Labute approximate surface area is 214 Å². The topological polar surface area (TPSA) is 43.6 Å². The second-order valence-corrected chi connectivity index (χ2v) is 6.66. The minimum Gasteiger partial charge on any atom is -0.331 e. The fourth-order valence-corrected chi connectivity index (χ4v) is 2.72. The molecule has 177 valence electrons. The van der Waals surface area contributed by atoms with Crippen LogP contribution in [0.2, 0.25) is 0 Å². The zero-order valence-electron chi connectivity index (χ0n) is 18.0. The van der Waals surface area contributed by atoms with E-state index in [0.29, 0.717) is 22.5 Å². The molecule has 0 saturated heterocycles. The number of halogens is 4. The molecule has 5 aromatic rings. The van der Waals surface area contributed by atoms with Gasteiger partial charge in [0.05, 0.1) is 11.4 Å². The van der Waals surface area contributed by atoms with E-state index in [-0.39, 0.29) is 20.1 Å². The maximum Gasteiger partial charge on any atom is 0.264 e. The summed E-state index contributed by atoms with van der Waals surface area (Å²) < 4.78 is 53.0. The van der Waals surface area contributed by atoms with Crippen molar-refractivity contribution in [1.29, 1.82) is 0 Å². The molecule has 0 aliphatic carbocycles. The van der Waals surface area contributed by atoms with Crippen LogP contribution in [0, 0.1) is 23.3 Å². The SMILES string of the molecule is Fc1ccc(-c2ccccn2)c(F)c1.Fc1ccc(-c2ccccn2)c(F)c1.[B]n1cccn1.[Ir]. The van der Waals surface area contributed by atoms with E-state index < -0.39 is 23.3 Å². The summed E-state index contributed by atoms with van der Waals surface area (Å²) in [5.74, 6) is -2.35. The van der Waals surface area contributed by atoms with Crippen molar-refractivity contribution in [3.8, 4) is 22.5 Å².